The van der Waals surface area contributed by atoms with Gasteiger partial charge in [-0.3, -0.25) is 9.69 Å². The molecule has 0 saturated heterocycles. The highest BCUT2D eigenvalue weighted by atomic mass is 16.5. The predicted octanol–water partition coefficient (Wildman–Crippen LogP) is 4.08. The minimum absolute atomic E-state index is 0.00323. The van der Waals surface area contributed by atoms with Crippen molar-refractivity contribution in [2.24, 2.45) is 0 Å². The first kappa shape index (κ1) is 19.0. The molecule has 0 heterocycles. The summed E-state index contributed by atoms with van der Waals surface area (Å²) in [7, 11) is 1.95. The van der Waals surface area contributed by atoms with Crippen molar-refractivity contribution < 1.29 is 9.53 Å². The molecule has 0 radical (unpaired) electrons. The van der Waals surface area contributed by atoms with Gasteiger partial charge in [-0.2, -0.15) is 0 Å². The molecule has 4 nitrogen and oxygen atoms in total. The first-order valence-electron chi connectivity index (χ1n) is 8.67. The van der Waals surface area contributed by atoms with Crippen molar-refractivity contribution in [2.75, 3.05) is 25.5 Å². The van der Waals surface area contributed by atoms with Crippen LogP contribution in [0.2, 0.25) is 0 Å². The number of benzene rings is 2. The average Bonchev–Trinajstić information content (AvgIpc) is 2.53. The average molecular weight is 340 g/mol. The van der Waals surface area contributed by atoms with Crippen LogP contribution in [0.4, 0.5) is 5.69 Å². The molecule has 0 fully saturated rings. The summed E-state index contributed by atoms with van der Waals surface area (Å²) in [4.78, 5) is 14.4. The van der Waals surface area contributed by atoms with E-state index in [2.05, 4.69) is 24.4 Å². The molecule has 0 unspecified atom stereocenters. The van der Waals surface area contributed by atoms with Crippen molar-refractivity contribution in [3.05, 3.63) is 58.7 Å². The monoisotopic (exact) mass is 340 g/mol. The van der Waals surface area contributed by atoms with Crippen molar-refractivity contribution in [3.63, 3.8) is 0 Å². The highest BCUT2D eigenvalue weighted by Gasteiger charge is 2.11. The lowest BCUT2D eigenvalue weighted by molar-refractivity contribution is -0.117. The smallest absolute Gasteiger partial charge is 0.238 e. The van der Waals surface area contributed by atoms with Gasteiger partial charge in [-0.05, 0) is 63.6 Å². The van der Waals surface area contributed by atoms with Crippen molar-refractivity contribution in [2.45, 2.75) is 34.2 Å². The van der Waals surface area contributed by atoms with Crippen LogP contribution in [-0.4, -0.2) is 31.0 Å². The highest BCUT2D eigenvalue weighted by molar-refractivity contribution is 5.93. The van der Waals surface area contributed by atoms with E-state index >= 15 is 0 Å². The van der Waals surface area contributed by atoms with Crippen LogP contribution in [0.1, 0.15) is 29.2 Å². The molecule has 1 N–H and O–H groups in total. The number of likely N-dealkylation sites (N-methyl/N-ethyl adjacent to an activating group) is 1. The van der Waals surface area contributed by atoms with Gasteiger partial charge in [0.2, 0.25) is 5.91 Å². The third-order valence-corrected chi connectivity index (χ3v) is 4.04. The van der Waals surface area contributed by atoms with E-state index in [0.717, 1.165) is 28.1 Å². The molecule has 4 heteroatoms. The number of ether oxygens (including phenoxy) is 1. The normalized spacial score (nSPS) is 10.8. The highest BCUT2D eigenvalue weighted by Crippen LogP contribution is 2.22. The molecule has 0 aliphatic rings. The molecule has 0 spiro atoms. The van der Waals surface area contributed by atoms with E-state index in [1.54, 1.807) is 0 Å². The fourth-order valence-electron chi connectivity index (χ4n) is 3.03. The minimum Gasteiger partial charge on any atom is -0.494 e. The largest absolute Gasteiger partial charge is 0.494 e. The summed E-state index contributed by atoms with van der Waals surface area (Å²) in [6, 6.07) is 12.2. The number of nitrogens with one attached hydrogen (secondary N) is 1. The van der Waals surface area contributed by atoms with Gasteiger partial charge in [0.25, 0.3) is 0 Å². The number of hydrogen-bond donors (Lipinski definition) is 1. The molecule has 2 aromatic carbocycles. The summed E-state index contributed by atoms with van der Waals surface area (Å²) < 4.78 is 5.45. The van der Waals surface area contributed by atoms with E-state index < -0.39 is 0 Å². The number of carbonyl (C=O) groups excluding carboxylic acids is 1. The van der Waals surface area contributed by atoms with Crippen LogP contribution in [0, 0.1) is 20.8 Å². The van der Waals surface area contributed by atoms with Gasteiger partial charge in [-0.25, -0.2) is 0 Å². The second-order valence-corrected chi connectivity index (χ2v) is 6.57. The number of amides is 1. The lowest BCUT2D eigenvalue weighted by atomic mass is 10.1. The van der Waals surface area contributed by atoms with Crippen LogP contribution in [0.25, 0.3) is 0 Å². The number of nitrogens with zero attached hydrogens (tertiary/aromatic N) is 1. The van der Waals surface area contributed by atoms with Crippen LogP contribution in [0.3, 0.4) is 0 Å². The molecule has 134 valence electrons. The Balaban J connectivity index is 1.92. The zero-order valence-corrected chi connectivity index (χ0v) is 15.8. The number of anilines is 1. The summed E-state index contributed by atoms with van der Waals surface area (Å²) in [5, 5.41) is 3.05. The van der Waals surface area contributed by atoms with Crippen LogP contribution >= 0.6 is 0 Å². The Kier molecular flexibility index (Phi) is 6.59. The standard InChI is InChI=1S/C21H28N2O2/c1-6-25-19-9-7-18(8-10-19)13-23(5)14-20(24)22-21-16(3)11-15(2)12-17(21)4/h7-12H,6,13-14H2,1-5H3,(H,22,24). The molecule has 2 rings (SSSR count). The van der Waals surface area contributed by atoms with Gasteiger partial charge in [0.1, 0.15) is 5.75 Å². The van der Waals surface area contributed by atoms with Gasteiger partial charge in [-0.15, -0.1) is 0 Å². The SMILES string of the molecule is CCOc1ccc(CN(C)CC(=O)Nc2c(C)cc(C)cc2C)cc1. The van der Waals surface area contributed by atoms with Crippen molar-refractivity contribution >= 4 is 11.6 Å². The number of carbonyl (C=O) groups is 1. The van der Waals surface area contributed by atoms with E-state index in [9.17, 15) is 4.79 Å². The van der Waals surface area contributed by atoms with Crippen LogP contribution in [0.15, 0.2) is 36.4 Å². The van der Waals surface area contributed by atoms with Gasteiger partial charge in [0, 0.05) is 12.2 Å². The second-order valence-electron chi connectivity index (χ2n) is 6.57. The van der Waals surface area contributed by atoms with Crippen LogP contribution in [0.5, 0.6) is 5.75 Å². The molecule has 25 heavy (non-hydrogen) atoms. The topological polar surface area (TPSA) is 41.6 Å². The third kappa shape index (κ3) is 5.61. The quantitative estimate of drug-likeness (QED) is 0.826. The Morgan fingerprint density at radius 3 is 2.24 bits per heavy atom. The summed E-state index contributed by atoms with van der Waals surface area (Å²) in [6.07, 6.45) is 0. The summed E-state index contributed by atoms with van der Waals surface area (Å²) in [5.74, 6) is 0.875. The molecule has 1 amide bonds. The van der Waals surface area contributed by atoms with Crippen LogP contribution < -0.4 is 10.1 Å². The van der Waals surface area contributed by atoms with Crippen molar-refractivity contribution in [3.8, 4) is 5.75 Å². The van der Waals surface area contributed by atoms with Gasteiger partial charge in [0.05, 0.1) is 13.2 Å². The maximum absolute atomic E-state index is 12.4. The van der Waals surface area contributed by atoms with Crippen LogP contribution in [-0.2, 0) is 11.3 Å². The lowest BCUT2D eigenvalue weighted by Crippen LogP contribution is -2.30. The van der Waals surface area contributed by atoms with Gasteiger partial charge in [0.15, 0.2) is 0 Å². The molecular weight excluding hydrogens is 312 g/mol. The Bertz CT molecular complexity index is 700. The van der Waals surface area contributed by atoms with E-state index in [1.807, 2.05) is 57.0 Å². The maximum atomic E-state index is 12.4. The molecule has 0 atom stereocenters. The maximum Gasteiger partial charge on any atom is 0.238 e. The zero-order chi connectivity index (χ0) is 18.4. The zero-order valence-electron chi connectivity index (χ0n) is 15.8. The van der Waals surface area contributed by atoms with Gasteiger partial charge < -0.3 is 10.1 Å². The molecule has 0 aliphatic carbocycles. The summed E-state index contributed by atoms with van der Waals surface area (Å²) in [5.41, 5.74) is 5.48. The van der Waals surface area contributed by atoms with Gasteiger partial charge >= 0.3 is 0 Å². The van der Waals surface area contributed by atoms with Gasteiger partial charge in [-0.1, -0.05) is 29.8 Å². The van der Waals surface area contributed by atoms with E-state index in [-0.39, 0.29) is 5.91 Å². The Hall–Kier alpha value is -2.33. The summed E-state index contributed by atoms with van der Waals surface area (Å²) >= 11 is 0. The van der Waals surface area contributed by atoms with E-state index in [4.69, 9.17) is 4.74 Å². The first-order chi connectivity index (χ1) is 11.9. The molecule has 0 bridgehead atoms. The molecule has 0 aliphatic heterocycles. The minimum atomic E-state index is 0.00323. The molecule has 0 aromatic heterocycles. The lowest BCUT2D eigenvalue weighted by Gasteiger charge is -2.18. The molecular formula is C21H28N2O2. The number of hydrogen-bond acceptors (Lipinski definition) is 3. The molecule has 2 aromatic rings. The van der Waals surface area contributed by atoms with E-state index in [1.165, 1.54) is 5.56 Å². The van der Waals surface area contributed by atoms with Crippen molar-refractivity contribution in [1.29, 1.82) is 0 Å². The second kappa shape index (κ2) is 8.67. The third-order valence-electron chi connectivity index (χ3n) is 4.04. The predicted molar refractivity (Wildman–Crippen MR) is 103 cm³/mol. The number of aryl methyl sites for hydroxylation is 3. The Morgan fingerprint density at radius 2 is 1.68 bits per heavy atom. The van der Waals surface area contributed by atoms with E-state index in [0.29, 0.717) is 19.7 Å². The molecule has 0 saturated carbocycles. The fraction of sp³-hybridized carbons (Fsp3) is 0.381. The fourth-order valence-corrected chi connectivity index (χ4v) is 3.03. The number of rotatable bonds is 7. The Labute approximate surface area is 150 Å². The van der Waals surface area contributed by atoms with Crippen molar-refractivity contribution in [1.82, 2.24) is 4.90 Å². The summed E-state index contributed by atoms with van der Waals surface area (Å²) in [6.45, 7) is 9.81. The Morgan fingerprint density at radius 1 is 1.08 bits per heavy atom. The first-order valence-corrected chi connectivity index (χ1v) is 8.67.